The van der Waals surface area contributed by atoms with Gasteiger partial charge in [-0.25, -0.2) is 0 Å². The van der Waals surface area contributed by atoms with Crippen LogP contribution < -0.4 is 4.74 Å². The number of ether oxygens (including phenoxy) is 1. The van der Waals surface area contributed by atoms with E-state index in [2.05, 4.69) is 12.1 Å². The molecule has 2 heteroatoms. The summed E-state index contributed by atoms with van der Waals surface area (Å²) in [7, 11) is 0. The van der Waals surface area contributed by atoms with Gasteiger partial charge in [0.25, 0.3) is 0 Å². The van der Waals surface area contributed by atoms with Gasteiger partial charge in [-0.3, -0.25) is 0 Å². The first-order valence-electron chi connectivity index (χ1n) is 6.24. The summed E-state index contributed by atoms with van der Waals surface area (Å²) < 4.78 is 5.67. The highest BCUT2D eigenvalue weighted by Gasteiger charge is 2.31. The van der Waals surface area contributed by atoms with E-state index >= 15 is 0 Å². The van der Waals surface area contributed by atoms with E-state index in [4.69, 9.17) is 4.74 Å². The number of fused-ring (bicyclic) bond motifs is 1. The van der Waals surface area contributed by atoms with Gasteiger partial charge in [0.15, 0.2) is 0 Å². The number of hydrogen-bond donors (Lipinski definition) is 1. The largest absolute Gasteiger partial charge is 0.493 e. The molecular weight excluding hydrogens is 200 g/mol. The molecular formula is C14H18O2. The number of aliphatic hydroxyl groups excluding tert-OH is 1. The van der Waals surface area contributed by atoms with Crippen molar-refractivity contribution in [1.82, 2.24) is 0 Å². The van der Waals surface area contributed by atoms with E-state index in [1.807, 2.05) is 12.1 Å². The number of aliphatic hydroxyl groups is 1. The summed E-state index contributed by atoms with van der Waals surface area (Å²) in [5.41, 5.74) is 1.33. The van der Waals surface area contributed by atoms with Crippen molar-refractivity contribution in [1.29, 1.82) is 0 Å². The van der Waals surface area contributed by atoms with Gasteiger partial charge in [-0.05, 0) is 31.2 Å². The number of hydrogen-bond acceptors (Lipinski definition) is 2. The SMILES string of the molecule is OC1CCCC1CC1COc2ccccc21. The number of rotatable bonds is 2. The highest BCUT2D eigenvalue weighted by Crippen LogP contribution is 2.40. The fourth-order valence-corrected chi connectivity index (χ4v) is 3.08. The predicted molar refractivity (Wildman–Crippen MR) is 62.6 cm³/mol. The lowest BCUT2D eigenvalue weighted by atomic mass is 9.88. The lowest BCUT2D eigenvalue weighted by molar-refractivity contribution is 0.121. The fraction of sp³-hybridized carbons (Fsp3) is 0.571. The summed E-state index contributed by atoms with van der Waals surface area (Å²) in [6.45, 7) is 0.794. The van der Waals surface area contributed by atoms with Crippen molar-refractivity contribution in [3.05, 3.63) is 29.8 Å². The zero-order valence-electron chi connectivity index (χ0n) is 9.43. The van der Waals surface area contributed by atoms with Crippen molar-refractivity contribution < 1.29 is 9.84 Å². The van der Waals surface area contributed by atoms with Crippen LogP contribution >= 0.6 is 0 Å². The van der Waals surface area contributed by atoms with Crippen LogP contribution in [0.2, 0.25) is 0 Å². The fourth-order valence-electron chi connectivity index (χ4n) is 3.08. The first-order chi connectivity index (χ1) is 7.84. The van der Waals surface area contributed by atoms with Gasteiger partial charge >= 0.3 is 0 Å². The van der Waals surface area contributed by atoms with Gasteiger partial charge in [0.1, 0.15) is 5.75 Å². The van der Waals surface area contributed by atoms with Gasteiger partial charge in [0, 0.05) is 11.5 Å². The molecule has 0 bridgehead atoms. The topological polar surface area (TPSA) is 29.5 Å². The molecule has 0 saturated heterocycles. The van der Waals surface area contributed by atoms with E-state index in [-0.39, 0.29) is 6.10 Å². The molecule has 1 N–H and O–H groups in total. The molecule has 3 rings (SSSR count). The van der Waals surface area contributed by atoms with Gasteiger partial charge in [0.05, 0.1) is 12.7 Å². The standard InChI is InChI=1S/C14H18O2/c15-13-6-3-4-10(13)8-11-9-16-14-7-2-1-5-12(11)14/h1-2,5,7,10-11,13,15H,3-4,6,8-9H2. The monoisotopic (exact) mass is 218 g/mol. The molecule has 0 aromatic heterocycles. The molecule has 0 spiro atoms. The van der Waals surface area contributed by atoms with E-state index in [9.17, 15) is 5.11 Å². The maximum Gasteiger partial charge on any atom is 0.122 e. The Labute approximate surface area is 96.2 Å². The summed E-state index contributed by atoms with van der Waals surface area (Å²) in [5.74, 6) is 2.02. The molecule has 86 valence electrons. The maximum atomic E-state index is 9.86. The summed E-state index contributed by atoms with van der Waals surface area (Å²) in [6, 6.07) is 8.30. The Morgan fingerprint density at radius 2 is 2.12 bits per heavy atom. The third-order valence-corrected chi connectivity index (χ3v) is 4.01. The molecule has 3 unspecified atom stereocenters. The number of para-hydroxylation sites is 1. The van der Waals surface area contributed by atoms with Gasteiger partial charge in [0.2, 0.25) is 0 Å². The second-order valence-corrected chi connectivity index (χ2v) is 5.04. The Kier molecular flexibility index (Phi) is 2.60. The van der Waals surface area contributed by atoms with Crippen LogP contribution in [-0.4, -0.2) is 17.8 Å². The van der Waals surface area contributed by atoms with Gasteiger partial charge in [-0.15, -0.1) is 0 Å². The van der Waals surface area contributed by atoms with Crippen molar-refractivity contribution in [2.75, 3.05) is 6.61 Å². The maximum absolute atomic E-state index is 9.86. The minimum Gasteiger partial charge on any atom is -0.493 e. The predicted octanol–water partition coefficient (Wildman–Crippen LogP) is 2.71. The molecule has 1 heterocycles. The average molecular weight is 218 g/mol. The summed E-state index contributed by atoms with van der Waals surface area (Å²) in [4.78, 5) is 0. The smallest absolute Gasteiger partial charge is 0.122 e. The molecule has 3 atom stereocenters. The van der Waals surface area contributed by atoms with E-state index in [0.717, 1.165) is 25.2 Å². The third kappa shape index (κ3) is 1.71. The highest BCUT2D eigenvalue weighted by molar-refractivity contribution is 5.39. The Morgan fingerprint density at radius 1 is 1.25 bits per heavy atom. The zero-order valence-corrected chi connectivity index (χ0v) is 9.43. The molecule has 2 nitrogen and oxygen atoms in total. The van der Waals surface area contributed by atoms with Crippen LogP contribution in [0.15, 0.2) is 24.3 Å². The second-order valence-electron chi connectivity index (χ2n) is 5.04. The van der Waals surface area contributed by atoms with Crippen LogP contribution in [0, 0.1) is 5.92 Å². The molecule has 1 aromatic carbocycles. The lowest BCUT2D eigenvalue weighted by Crippen LogP contribution is -2.17. The van der Waals surface area contributed by atoms with E-state index < -0.39 is 0 Å². The molecule has 16 heavy (non-hydrogen) atoms. The molecule has 0 radical (unpaired) electrons. The van der Waals surface area contributed by atoms with Crippen LogP contribution in [0.1, 0.15) is 37.2 Å². The van der Waals surface area contributed by atoms with E-state index in [1.54, 1.807) is 0 Å². The van der Waals surface area contributed by atoms with Crippen LogP contribution in [0.3, 0.4) is 0 Å². The molecule has 1 fully saturated rings. The zero-order chi connectivity index (χ0) is 11.0. The van der Waals surface area contributed by atoms with Crippen molar-refractivity contribution in [2.45, 2.75) is 37.7 Å². The minimum absolute atomic E-state index is 0.0761. The summed E-state index contributed by atoms with van der Waals surface area (Å²) >= 11 is 0. The Hall–Kier alpha value is -1.02. The van der Waals surface area contributed by atoms with Gasteiger partial charge in [-0.2, -0.15) is 0 Å². The first-order valence-corrected chi connectivity index (χ1v) is 6.24. The van der Waals surface area contributed by atoms with Crippen molar-refractivity contribution in [3.63, 3.8) is 0 Å². The Balaban J connectivity index is 1.73. The van der Waals surface area contributed by atoms with E-state index in [1.165, 1.54) is 18.4 Å². The van der Waals surface area contributed by atoms with E-state index in [0.29, 0.717) is 11.8 Å². The van der Waals surface area contributed by atoms with Crippen molar-refractivity contribution in [3.8, 4) is 5.75 Å². The molecule has 1 aromatic rings. The molecule has 2 aliphatic rings. The molecule has 1 aliphatic carbocycles. The van der Waals surface area contributed by atoms with Crippen LogP contribution in [-0.2, 0) is 0 Å². The highest BCUT2D eigenvalue weighted by atomic mass is 16.5. The normalized spacial score (nSPS) is 32.4. The molecule has 1 saturated carbocycles. The third-order valence-electron chi connectivity index (χ3n) is 4.01. The lowest BCUT2D eigenvalue weighted by Gasteiger charge is -2.18. The van der Waals surface area contributed by atoms with Crippen LogP contribution in [0.5, 0.6) is 5.75 Å². The molecule has 1 aliphatic heterocycles. The van der Waals surface area contributed by atoms with Crippen LogP contribution in [0.4, 0.5) is 0 Å². The minimum atomic E-state index is -0.0761. The Bertz CT molecular complexity index is 375. The van der Waals surface area contributed by atoms with Crippen molar-refractivity contribution >= 4 is 0 Å². The summed E-state index contributed by atoms with van der Waals surface area (Å²) in [5, 5.41) is 9.86. The van der Waals surface area contributed by atoms with Crippen molar-refractivity contribution in [2.24, 2.45) is 5.92 Å². The first kappa shape index (κ1) is 10.2. The Morgan fingerprint density at radius 3 is 2.94 bits per heavy atom. The summed E-state index contributed by atoms with van der Waals surface area (Å²) in [6.07, 6.45) is 4.35. The van der Waals surface area contributed by atoms with Crippen LogP contribution in [0.25, 0.3) is 0 Å². The van der Waals surface area contributed by atoms with Gasteiger partial charge in [-0.1, -0.05) is 24.6 Å². The molecule has 0 amide bonds. The quantitative estimate of drug-likeness (QED) is 0.827. The number of benzene rings is 1. The van der Waals surface area contributed by atoms with Gasteiger partial charge < -0.3 is 9.84 Å². The average Bonchev–Trinajstić information content (AvgIpc) is 2.88. The second kappa shape index (κ2) is 4.10.